The number of carbonyl (C=O) groups is 2. The molecule has 0 bridgehead atoms. The number of carbonyl (C=O) groups excluding carboxylic acids is 2. The summed E-state index contributed by atoms with van der Waals surface area (Å²) in [6.07, 6.45) is 0. The molecule has 1 aliphatic rings. The van der Waals surface area contributed by atoms with Crippen LogP contribution >= 0.6 is 0 Å². The number of likely N-dealkylation sites (N-methyl/N-ethyl adjacent to an activating group) is 1. The Kier molecular flexibility index (Phi) is 5.26. The van der Waals surface area contributed by atoms with Crippen molar-refractivity contribution in [3.63, 3.8) is 0 Å². The lowest BCUT2D eigenvalue weighted by molar-refractivity contribution is -0.135. The van der Waals surface area contributed by atoms with Crippen LogP contribution in [0, 0.1) is 0 Å². The fourth-order valence-corrected chi connectivity index (χ4v) is 3.00. The maximum absolute atomic E-state index is 12.7. The van der Waals surface area contributed by atoms with E-state index in [2.05, 4.69) is 5.32 Å². The molecular formula is C21H23N3O4. The van der Waals surface area contributed by atoms with E-state index in [1.807, 2.05) is 43.3 Å². The number of rotatable bonds is 6. The molecule has 0 unspecified atom stereocenters. The Morgan fingerprint density at radius 3 is 2.11 bits per heavy atom. The van der Waals surface area contributed by atoms with Gasteiger partial charge in [0.1, 0.15) is 5.70 Å². The van der Waals surface area contributed by atoms with E-state index in [1.165, 1.54) is 14.2 Å². The highest BCUT2D eigenvalue weighted by molar-refractivity contribution is 6.36. The van der Waals surface area contributed by atoms with Crippen LogP contribution in [0.15, 0.2) is 48.2 Å². The number of hydrogen-bond donors (Lipinski definition) is 1. The molecule has 0 fully saturated rings. The molecule has 0 saturated heterocycles. The molecule has 0 saturated carbocycles. The predicted octanol–water partition coefficient (Wildman–Crippen LogP) is 2.59. The Morgan fingerprint density at radius 1 is 0.893 bits per heavy atom. The second-order valence-corrected chi connectivity index (χ2v) is 6.56. The fourth-order valence-electron chi connectivity index (χ4n) is 3.00. The first-order valence-electron chi connectivity index (χ1n) is 8.70. The number of nitrogens with one attached hydrogen (secondary N) is 1. The zero-order chi connectivity index (χ0) is 20.4. The van der Waals surface area contributed by atoms with Crippen LogP contribution in [-0.2, 0) is 9.59 Å². The number of methoxy groups -OCH3 is 2. The molecule has 2 aromatic carbocycles. The maximum Gasteiger partial charge on any atom is 0.277 e. The van der Waals surface area contributed by atoms with E-state index < -0.39 is 0 Å². The van der Waals surface area contributed by atoms with Crippen molar-refractivity contribution < 1.29 is 19.1 Å². The summed E-state index contributed by atoms with van der Waals surface area (Å²) in [7, 11) is 8.44. The van der Waals surface area contributed by atoms with Gasteiger partial charge in [-0.05, 0) is 42.0 Å². The van der Waals surface area contributed by atoms with Crippen LogP contribution in [0.1, 0.15) is 5.56 Å². The van der Waals surface area contributed by atoms with Gasteiger partial charge in [0.05, 0.1) is 19.8 Å². The molecule has 1 N–H and O–H groups in total. The van der Waals surface area contributed by atoms with Crippen molar-refractivity contribution in [2.24, 2.45) is 0 Å². The Morgan fingerprint density at radius 2 is 1.54 bits per heavy atom. The van der Waals surface area contributed by atoms with Crippen molar-refractivity contribution in [1.29, 1.82) is 0 Å². The zero-order valence-electron chi connectivity index (χ0n) is 16.6. The Balaban J connectivity index is 2.05. The number of amides is 2. The summed E-state index contributed by atoms with van der Waals surface area (Å²) < 4.78 is 10.6. The highest BCUT2D eigenvalue weighted by Crippen LogP contribution is 2.35. The van der Waals surface area contributed by atoms with Gasteiger partial charge in [0.15, 0.2) is 11.5 Å². The third kappa shape index (κ3) is 3.38. The Labute approximate surface area is 164 Å². The normalized spacial score (nSPS) is 13.8. The van der Waals surface area contributed by atoms with Crippen LogP contribution in [0.2, 0.25) is 0 Å². The van der Waals surface area contributed by atoms with E-state index in [0.717, 1.165) is 16.3 Å². The summed E-state index contributed by atoms with van der Waals surface area (Å²) in [6.45, 7) is 0. The molecule has 7 nitrogen and oxygen atoms in total. The molecule has 146 valence electrons. The van der Waals surface area contributed by atoms with Gasteiger partial charge in [-0.1, -0.05) is 6.07 Å². The summed E-state index contributed by atoms with van der Waals surface area (Å²) in [4.78, 5) is 28.5. The maximum atomic E-state index is 12.7. The molecule has 0 atom stereocenters. The SMILES string of the molecule is COc1ccc(C2=C(Nc3ccc(N(C)C)cc3)C(=O)N(C)C2=O)cc1OC. The van der Waals surface area contributed by atoms with Crippen molar-refractivity contribution in [3.8, 4) is 11.5 Å². The second-order valence-electron chi connectivity index (χ2n) is 6.56. The smallest absolute Gasteiger partial charge is 0.277 e. The van der Waals surface area contributed by atoms with Crippen LogP contribution in [0.4, 0.5) is 11.4 Å². The molecule has 0 aromatic heterocycles. The van der Waals surface area contributed by atoms with E-state index in [0.29, 0.717) is 22.6 Å². The number of hydrogen-bond acceptors (Lipinski definition) is 6. The molecule has 0 spiro atoms. The molecule has 0 aliphatic carbocycles. The quantitative estimate of drug-likeness (QED) is 0.776. The number of ether oxygens (including phenoxy) is 2. The molecule has 1 heterocycles. The lowest BCUT2D eigenvalue weighted by Gasteiger charge is -2.14. The summed E-state index contributed by atoms with van der Waals surface area (Å²) in [5.41, 5.74) is 2.86. The minimum absolute atomic E-state index is 0.234. The largest absolute Gasteiger partial charge is 0.493 e. The first kappa shape index (κ1) is 19.3. The average Bonchev–Trinajstić information content (AvgIpc) is 2.91. The van der Waals surface area contributed by atoms with Crippen LogP contribution in [0.5, 0.6) is 11.5 Å². The van der Waals surface area contributed by atoms with Gasteiger partial charge in [-0.3, -0.25) is 14.5 Å². The first-order valence-corrected chi connectivity index (χ1v) is 8.70. The van der Waals surface area contributed by atoms with E-state index in [-0.39, 0.29) is 17.5 Å². The highest BCUT2D eigenvalue weighted by Gasteiger charge is 2.37. The second kappa shape index (κ2) is 7.64. The lowest BCUT2D eigenvalue weighted by Crippen LogP contribution is -2.27. The number of nitrogens with zero attached hydrogens (tertiary/aromatic N) is 2. The van der Waals surface area contributed by atoms with Gasteiger partial charge in [0.2, 0.25) is 0 Å². The summed E-state index contributed by atoms with van der Waals surface area (Å²) in [5, 5.41) is 3.11. The van der Waals surface area contributed by atoms with Crippen LogP contribution < -0.4 is 19.7 Å². The molecule has 2 aromatic rings. The Hall–Kier alpha value is -3.48. The summed E-state index contributed by atoms with van der Waals surface area (Å²) >= 11 is 0. The van der Waals surface area contributed by atoms with E-state index in [1.54, 1.807) is 25.3 Å². The number of anilines is 2. The van der Waals surface area contributed by atoms with Gasteiger partial charge in [0.25, 0.3) is 11.8 Å². The van der Waals surface area contributed by atoms with Crippen LogP contribution in [-0.4, -0.2) is 52.1 Å². The minimum atomic E-state index is -0.383. The van der Waals surface area contributed by atoms with Crippen molar-refractivity contribution in [3.05, 3.63) is 53.7 Å². The van der Waals surface area contributed by atoms with Gasteiger partial charge < -0.3 is 19.7 Å². The Bertz CT molecular complexity index is 949. The van der Waals surface area contributed by atoms with Gasteiger partial charge in [-0.2, -0.15) is 0 Å². The summed E-state index contributed by atoms with van der Waals surface area (Å²) in [5.74, 6) is 0.277. The average molecular weight is 381 g/mol. The first-order chi connectivity index (χ1) is 13.4. The molecule has 0 radical (unpaired) electrons. The predicted molar refractivity (Wildman–Crippen MR) is 109 cm³/mol. The summed E-state index contributed by atoms with van der Waals surface area (Å²) in [6, 6.07) is 12.7. The minimum Gasteiger partial charge on any atom is -0.493 e. The number of imide groups is 1. The van der Waals surface area contributed by atoms with Crippen LogP contribution in [0.3, 0.4) is 0 Å². The molecule has 7 heteroatoms. The number of benzene rings is 2. The van der Waals surface area contributed by atoms with Crippen molar-refractivity contribution in [2.75, 3.05) is 45.6 Å². The van der Waals surface area contributed by atoms with Gasteiger partial charge in [-0.25, -0.2) is 0 Å². The topological polar surface area (TPSA) is 71.1 Å². The van der Waals surface area contributed by atoms with Gasteiger partial charge >= 0.3 is 0 Å². The monoisotopic (exact) mass is 381 g/mol. The van der Waals surface area contributed by atoms with Gasteiger partial charge in [0, 0.05) is 32.5 Å². The third-order valence-electron chi connectivity index (χ3n) is 4.61. The van der Waals surface area contributed by atoms with Crippen molar-refractivity contribution >= 4 is 28.8 Å². The molecular weight excluding hydrogens is 358 g/mol. The molecule has 3 rings (SSSR count). The van der Waals surface area contributed by atoms with E-state index in [9.17, 15) is 9.59 Å². The van der Waals surface area contributed by atoms with Crippen molar-refractivity contribution in [1.82, 2.24) is 4.90 Å². The van der Waals surface area contributed by atoms with Crippen molar-refractivity contribution in [2.45, 2.75) is 0 Å². The molecule has 1 aliphatic heterocycles. The van der Waals surface area contributed by atoms with E-state index >= 15 is 0 Å². The van der Waals surface area contributed by atoms with E-state index in [4.69, 9.17) is 9.47 Å². The molecule has 2 amide bonds. The standard InChI is InChI=1S/C21H23N3O4/c1-23(2)15-9-7-14(8-10-15)22-19-18(20(25)24(3)21(19)26)13-6-11-16(27-4)17(12-13)28-5/h6-12,22H,1-5H3. The zero-order valence-corrected chi connectivity index (χ0v) is 16.6. The third-order valence-corrected chi connectivity index (χ3v) is 4.61. The van der Waals surface area contributed by atoms with Crippen LogP contribution in [0.25, 0.3) is 5.57 Å². The molecule has 28 heavy (non-hydrogen) atoms. The fraction of sp³-hybridized carbons (Fsp3) is 0.238. The highest BCUT2D eigenvalue weighted by atomic mass is 16.5. The van der Waals surface area contributed by atoms with Gasteiger partial charge in [-0.15, -0.1) is 0 Å². The lowest BCUT2D eigenvalue weighted by atomic mass is 10.0.